The first-order chi connectivity index (χ1) is 14.2. The number of unbranched alkanes of at least 4 members (excludes halogenated alkanes) is 2. The number of methoxy groups -OCH3 is 2. The highest BCUT2D eigenvalue weighted by molar-refractivity contribution is 5.71. The van der Waals surface area contributed by atoms with Crippen molar-refractivity contribution in [2.24, 2.45) is 0 Å². The lowest BCUT2D eigenvalue weighted by atomic mass is 10.1. The molecule has 0 saturated carbocycles. The van der Waals surface area contributed by atoms with Crippen molar-refractivity contribution >= 4 is 11.6 Å². The average Bonchev–Trinajstić information content (AvgIpc) is 3.30. The second kappa shape index (κ2) is 10.3. The Morgan fingerprint density at radius 3 is 2.38 bits per heavy atom. The maximum atomic E-state index is 5.63. The van der Waals surface area contributed by atoms with E-state index >= 15 is 0 Å². The monoisotopic (exact) mass is 399 g/mol. The summed E-state index contributed by atoms with van der Waals surface area (Å²) >= 11 is 0. The summed E-state index contributed by atoms with van der Waals surface area (Å²) < 4.78 is 11.2. The molecule has 1 aliphatic heterocycles. The van der Waals surface area contributed by atoms with Crippen molar-refractivity contribution in [3.63, 3.8) is 0 Å². The van der Waals surface area contributed by atoms with Gasteiger partial charge < -0.3 is 19.7 Å². The Morgan fingerprint density at radius 1 is 0.966 bits per heavy atom. The van der Waals surface area contributed by atoms with Crippen molar-refractivity contribution in [3.05, 3.63) is 17.8 Å². The average molecular weight is 400 g/mol. The van der Waals surface area contributed by atoms with E-state index in [-0.39, 0.29) is 0 Å². The van der Waals surface area contributed by atoms with Gasteiger partial charge in [-0.1, -0.05) is 26.7 Å². The van der Waals surface area contributed by atoms with Crippen LogP contribution < -0.4 is 19.7 Å². The van der Waals surface area contributed by atoms with Crippen molar-refractivity contribution in [2.75, 3.05) is 44.1 Å². The Morgan fingerprint density at radius 2 is 1.72 bits per heavy atom. The molecule has 1 saturated heterocycles. The number of anilines is 2. The van der Waals surface area contributed by atoms with Crippen LogP contribution in [-0.4, -0.2) is 48.8 Å². The number of nitrogens with zero attached hydrogens (tertiary/aromatic N) is 4. The summed E-state index contributed by atoms with van der Waals surface area (Å²) in [5, 5.41) is 3.38. The van der Waals surface area contributed by atoms with E-state index in [2.05, 4.69) is 24.1 Å². The highest BCUT2D eigenvalue weighted by Crippen LogP contribution is 2.35. The van der Waals surface area contributed by atoms with Crippen molar-refractivity contribution in [2.45, 2.75) is 52.4 Å². The number of pyridine rings is 1. The zero-order valence-electron chi connectivity index (χ0n) is 18.1. The molecule has 1 aliphatic rings. The molecule has 3 heterocycles. The quantitative estimate of drug-likeness (QED) is 0.597. The fraction of sp³-hybridized carbons (Fsp3) is 0.591. The van der Waals surface area contributed by atoms with Crippen LogP contribution in [0.5, 0.6) is 11.8 Å². The SMILES string of the molecule is CCCCCNc1nc(CC)c(-c2ccc(N3CCCC3)nc2OC)nc1OC. The van der Waals surface area contributed by atoms with Crippen LogP contribution in [0.1, 0.15) is 51.6 Å². The molecule has 0 unspecified atom stereocenters. The lowest BCUT2D eigenvalue weighted by Gasteiger charge is -2.19. The summed E-state index contributed by atoms with van der Waals surface area (Å²) in [6, 6.07) is 4.09. The minimum atomic E-state index is 0.499. The molecule has 158 valence electrons. The van der Waals surface area contributed by atoms with Crippen molar-refractivity contribution < 1.29 is 9.47 Å². The predicted molar refractivity (Wildman–Crippen MR) is 117 cm³/mol. The number of hydrogen-bond acceptors (Lipinski definition) is 7. The standard InChI is InChI=1S/C22H33N5O2/c1-5-7-8-13-23-20-22(29-4)26-19(17(6-2)24-20)16-11-12-18(25-21(16)28-3)27-14-9-10-15-27/h11-12H,5-10,13-15H2,1-4H3,(H,23,24). The third kappa shape index (κ3) is 4.89. The molecule has 0 bridgehead atoms. The lowest BCUT2D eigenvalue weighted by molar-refractivity contribution is 0.395. The second-order valence-corrected chi connectivity index (χ2v) is 7.28. The van der Waals surface area contributed by atoms with Gasteiger partial charge in [0.2, 0.25) is 5.88 Å². The minimum Gasteiger partial charge on any atom is -0.480 e. The largest absolute Gasteiger partial charge is 0.480 e. The first kappa shape index (κ1) is 21.1. The normalized spacial score (nSPS) is 13.6. The van der Waals surface area contributed by atoms with Gasteiger partial charge in [0.05, 0.1) is 25.5 Å². The van der Waals surface area contributed by atoms with Gasteiger partial charge in [-0.2, -0.15) is 4.98 Å². The summed E-state index contributed by atoms with van der Waals surface area (Å²) in [4.78, 5) is 16.7. The first-order valence-corrected chi connectivity index (χ1v) is 10.7. The number of hydrogen-bond donors (Lipinski definition) is 1. The highest BCUT2D eigenvalue weighted by Gasteiger charge is 2.21. The molecule has 0 atom stereocenters. The molecule has 0 amide bonds. The first-order valence-electron chi connectivity index (χ1n) is 10.7. The summed E-state index contributed by atoms with van der Waals surface area (Å²) in [5.74, 6) is 2.73. The Labute approximate surface area is 173 Å². The fourth-order valence-electron chi connectivity index (χ4n) is 3.65. The molecule has 0 radical (unpaired) electrons. The number of aryl methyl sites for hydroxylation is 1. The highest BCUT2D eigenvalue weighted by atomic mass is 16.5. The van der Waals surface area contributed by atoms with Gasteiger partial charge in [-0.05, 0) is 37.8 Å². The van der Waals surface area contributed by atoms with E-state index < -0.39 is 0 Å². The fourth-order valence-corrected chi connectivity index (χ4v) is 3.65. The molecule has 1 fully saturated rings. The molecule has 2 aromatic rings. The van der Waals surface area contributed by atoms with E-state index in [4.69, 9.17) is 24.4 Å². The molecule has 1 N–H and O–H groups in total. The topological polar surface area (TPSA) is 72.4 Å². The molecule has 2 aromatic heterocycles. The van der Waals surface area contributed by atoms with Gasteiger partial charge in [0.1, 0.15) is 11.5 Å². The Bertz CT molecular complexity index is 806. The number of nitrogens with one attached hydrogen (secondary N) is 1. The minimum absolute atomic E-state index is 0.499. The van der Waals surface area contributed by atoms with Crippen LogP contribution in [0.15, 0.2) is 12.1 Å². The van der Waals surface area contributed by atoms with Crippen molar-refractivity contribution in [1.29, 1.82) is 0 Å². The van der Waals surface area contributed by atoms with Crippen LogP contribution in [-0.2, 0) is 6.42 Å². The molecule has 29 heavy (non-hydrogen) atoms. The van der Waals surface area contributed by atoms with Gasteiger partial charge in [-0.3, -0.25) is 0 Å². The van der Waals surface area contributed by atoms with E-state index in [1.165, 1.54) is 25.7 Å². The second-order valence-electron chi connectivity index (χ2n) is 7.28. The summed E-state index contributed by atoms with van der Waals surface area (Å²) in [7, 11) is 3.28. The smallest absolute Gasteiger partial charge is 0.257 e. The molecule has 7 nitrogen and oxygen atoms in total. The molecule has 7 heteroatoms. The maximum Gasteiger partial charge on any atom is 0.257 e. The van der Waals surface area contributed by atoms with Gasteiger partial charge in [0.15, 0.2) is 5.82 Å². The Balaban J connectivity index is 1.94. The van der Waals surface area contributed by atoms with Crippen LogP contribution in [0.3, 0.4) is 0 Å². The van der Waals surface area contributed by atoms with E-state index in [1.807, 2.05) is 12.1 Å². The Kier molecular flexibility index (Phi) is 7.49. The molecule has 0 aliphatic carbocycles. The predicted octanol–water partition coefficient (Wildman–Crippen LogP) is 4.32. The van der Waals surface area contributed by atoms with Crippen LogP contribution in [0, 0.1) is 0 Å². The van der Waals surface area contributed by atoms with Gasteiger partial charge in [0, 0.05) is 19.6 Å². The third-order valence-corrected chi connectivity index (χ3v) is 5.26. The molecular formula is C22H33N5O2. The lowest BCUT2D eigenvalue weighted by Crippen LogP contribution is -2.19. The number of ether oxygens (including phenoxy) is 2. The van der Waals surface area contributed by atoms with Crippen LogP contribution in [0.4, 0.5) is 11.6 Å². The molecule has 3 rings (SSSR count). The van der Waals surface area contributed by atoms with Gasteiger partial charge in [-0.25, -0.2) is 9.97 Å². The summed E-state index contributed by atoms with van der Waals surface area (Å²) in [5.41, 5.74) is 2.51. The van der Waals surface area contributed by atoms with Crippen molar-refractivity contribution in [1.82, 2.24) is 15.0 Å². The van der Waals surface area contributed by atoms with Gasteiger partial charge in [0.25, 0.3) is 5.88 Å². The summed E-state index contributed by atoms with van der Waals surface area (Å²) in [6.07, 6.45) is 6.65. The zero-order chi connectivity index (χ0) is 20.6. The summed E-state index contributed by atoms with van der Waals surface area (Å²) in [6.45, 7) is 7.22. The zero-order valence-corrected chi connectivity index (χ0v) is 18.1. The Hall–Kier alpha value is -2.57. The molecule has 0 aromatic carbocycles. The van der Waals surface area contributed by atoms with Crippen LogP contribution in [0.2, 0.25) is 0 Å². The van der Waals surface area contributed by atoms with Gasteiger partial charge in [-0.15, -0.1) is 0 Å². The van der Waals surface area contributed by atoms with E-state index in [0.717, 1.165) is 55.2 Å². The van der Waals surface area contributed by atoms with Gasteiger partial charge >= 0.3 is 0 Å². The van der Waals surface area contributed by atoms with E-state index in [1.54, 1.807) is 14.2 Å². The van der Waals surface area contributed by atoms with Crippen LogP contribution in [0.25, 0.3) is 11.3 Å². The molecule has 0 spiro atoms. The van der Waals surface area contributed by atoms with E-state index in [0.29, 0.717) is 17.6 Å². The maximum absolute atomic E-state index is 5.63. The van der Waals surface area contributed by atoms with Crippen molar-refractivity contribution in [3.8, 4) is 23.0 Å². The third-order valence-electron chi connectivity index (χ3n) is 5.26. The molecular weight excluding hydrogens is 366 g/mol. The van der Waals surface area contributed by atoms with Crippen LogP contribution >= 0.6 is 0 Å². The van der Waals surface area contributed by atoms with E-state index in [9.17, 15) is 0 Å². The number of rotatable bonds is 10. The number of aromatic nitrogens is 3.